The lowest BCUT2D eigenvalue weighted by Crippen LogP contribution is -2.52. The number of halogens is 3. The largest absolute Gasteiger partial charge is 0.381 e. The molecule has 4 rings (SSSR count). The molecule has 1 aromatic rings. The first-order valence-corrected chi connectivity index (χ1v) is 11.9. The minimum Gasteiger partial charge on any atom is -0.381 e. The molecule has 33 heavy (non-hydrogen) atoms. The van der Waals surface area contributed by atoms with Crippen LogP contribution in [-0.2, 0) is 20.7 Å². The van der Waals surface area contributed by atoms with E-state index in [9.17, 15) is 22.8 Å². The van der Waals surface area contributed by atoms with Crippen molar-refractivity contribution in [3.8, 4) is 0 Å². The molecule has 182 valence electrons. The average Bonchev–Trinajstić information content (AvgIpc) is 3.05. The van der Waals surface area contributed by atoms with Crippen LogP contribution in [0, 0.1) is 29.3 Å². The summed E-state index contributed by atoms with van der Waals surface area (Å²) in [6, 6.07) is 1.09. The maximum atomic E-state index is 14.0. The van der Waals surface area contributed by atoms with E-state index < -0.39 is 23.5 Å². The van der Waals surface area contributed by atoms with E-state index in [-0.39, 0.29) is 48.3 Å². The summed E-state index contributed by atoms with van der Waals surface area (Å²) in [7, 11) is 0. The molecule has 3 N–H and O–H groups in total. The Balaban J connectivity index is 1.28. The summed E-state index contributed by atoms with van der Waals surface area (Å²) in [5.41, 5.74) is 6.42. The number of nitrogens with one attached hydrogen (secondary N) is 1. The average molecular weight is 468 g/mol. The van der Waals surface area contributed by atoms with Crippen molar-refractivity contribution in [1.82, 2.24) is 10.2 Å². The van der Waals surface area contributed by atoms with Gasteiger partial charge < -0.3 is 20.7 Å². The van der Waals surface area contributed by atoms with Crippen LogP contribution in [-0.4, -0.2) is 54.6 Å². The van der Waals surface area contributed by atoms with Crippen LogP contribution in [0.5, 0.6) is 0 Å². The van der Waals surface area contributed by atoms with Gasteiger partial charge in [0.05, 0.1) is 6.54 Å². The lowest BCUT2D eigenvalue weighted by molar-refractivity contribution is -0.137. The first kappa shape index (κ1) is 24.0. The molecule has 0 unspecified atom stereocenters. The van der Waals surface area contributed by atoms with Gasteiger partial charge in [-0.05, 0) is 68.4 Å². The molecule has 3 saturated heterocycles. The van der Waals surface area contributed by atoms with E-state index in [0.29, 0.717) is 44.5 Å². The van der Waals surface area contributed by atoms with Crippen molar-refractivity contribution >= 4 is 11.8 Å². The Morgan fingerprint density at radius 2 is 1.67 bits per heavy atom. The molecule has 3 heterocycles. The Morgan fingerprint density at radius 1 is 1.03 bits per heavy atom. The van der Waals surface area contributed by atoms with E-state index in [4.69, 9.17) is 10.5 Å². The van der Waals surface area contributed by atoms with Crippen molar-refractivity contribution in [1.29, 1.82) is 0 Å². The molecule has 0 saturated carbocycles. The second-order valence-corrected chi connectivity index (χ2v) is 9.68. The van der Waals surface area contributed by atoms with E-state index >= 15 is 0 Å². The minimum atomic E-state index is -1.21. The SMILES string of the molecule is N[C@H](Cc1cc(F)c(F)cc1F)[C@@H]1C[C@H]2CC[C@@H](C1)N2C(=O)CNC(=O)CC1CCOCC1. The smallest absolute Gasteiger partial charge is 0.242 e. The number of hydrogen-bond donors (Lipinski definition) is 2. The number of nitrogens with zero attached hydrogens (tertiary/aromatic N) is 1. The minimum absolute atomic E-state index is 0.00809. The normalized spacial score (nSPS) is 26.3. The molecule has 2 bridgehead atoms. The van der Waals surface area contributed by atoms with Crippen LogP contribution in [0.2, 0.25) is 0 Å². The fraction of sp³-hybridized carbons (Fsp3) is 0.667. The van der Waals surface area contributed by atoms with Gasteiger partial charge in [0.15, 0.2) is 11.6 Å². The van der Waals surface area contributed by atoms with Crippen LogP contribution in [0.1, 0.15) is 50.5 Å². The quantitative estimate of drug-likeness (QED) is 0.604. The molecular formula is C24H32F3N3O3. The number of rotatable bonds is 7. The third-order valence-electron chi connectivity index (χ3n) is 7.46. The molecule has 0 aliphatic carbocycles. The van der Waals surface area contributed by atoms with Crippen molar-refractivity contribution < 1.29 is 27.5 Å². The number of ether oxygens (including phenoxy) is 1. The highest BCUT2D eigenvalue weighted by Gasteiger charge is 2.44. The summed E-state index contributed by atoms with van der Waals surface area (Å²) >= 11 is 0. The van der Waals surface area contributed by atoms with Crippen LogP contribution in [0.25, 0.3) is 0 Å². The zero-order chi connectivity index (χ0) is 23.5. The molecule has 9 heteroatoms. The van der Waals surface area contributed by atoms with Crippen molar-refractivity contribution in [3.63, 3.8) is 0 Å². The van der Waals surface area contributed by atoms with Crippen LogP contribution in [0.15, 0.2) is 12.1 Å². The summed E-state index contributed by atoms with van der Waals surface area (Å²) in [4.78, 5) is 27.0. The molecule has 0 spiro atoms. The van der Waals surface area contributed by atoms with E-state index in [0.717, 1.165) is 31.7 Å². The molecule has 3 aliphatic rings. The van der Waals surface area contributed by atoms with Crippen molar-refractivity contribution in [2.75, 3.05) is 19.8 Å². The van der Waals surface area contributed by atoms with Gasteiger partial charge in [-0.1, -0.05) is 0 Å². The zero-order valence-corrected chi connectivity index (χ0v) is 18.7. The van der Waals surface area contributed by atoms with E-state index in [1.165, 1.54) is 0 Å². The van der Waals surface area contributed by atoms with Crippen LogP contribution in [0.4, 0.5) is 13.2 Å². The predicted octanol–water partition coefficient (Wildman–Crippen LogP) is 2.68. The number of amides is 2. The standard InChI is InChI=1S/C24H32F3N3O3/c25-19-12-21(27)20(26)10-15(19)11-22(28)16-8-17-1-2-18(9-16)30(17)24(32)13-29-23(31)7-14-3-5-33-6-4-14/h10,12,14,16-18,22H,1-9,11,13,28H2,(H,29,31)/t16-,17-,18+,22-/m1/s1. The Hall–Kier alpha value is -2.13. The third kappa shape index (κ3) is 5.69. The van der Waals surface area contributed by atoms with Gasteiger partial charge in [0.1, 0.15) is 5.82 Å². The summed E-state index contributed by atoms with van der Waals surface area (Å²) in [5.74, 6) is -2.91. The highest BCUT2D eigenvalue weighted by Crippen LogP contribution is 2.40. The number of nitrogens with two attached hydrogens (primary N) is 1. The summed E-state index contributed by atoms with van der Waals surface area (Å²) in [6.45, 7) is 1.35. The molecule has 2 amide bonds. The van der Waals surface area contributed by atoms with Gasteiger partial charge in [-0.25, -0.2) is 13.2 Å². The van der Waals surface area contributed by atoms with Crippen LogP contribution >= 0.6 is 0 Å². The number of piperidine rings is 1. The number of carbonyl (C=O) groups excluding carboxylic acids is 2. The van der Waals surface area contributed by atoms with Gasteiger partial charge in [0.25, 0.3) is 0 Å². The first-order valence-electron chi connectivity index (χ1n) is 11.9. The fourth-order valence-electron chi connectivity index (χ4n) is 5.67. The van der Waals surface area contributed by atoms with Gasteiger partial charge in [0.2, 0.25) is 11.8 Å². The molecule has 6 nitrogen and oxygen atoms in total. The Kier molecular flexibility index (Phi) is 7.58. The lowest BCUT2D eigenvalue weighted by atomic mass is 9.82. The van der Waals surface area contributed by atoms with Crippen molar-refractivity contribution in [2.24, 2.45) is 17.6 Å². The first-order chi connectivity index (χ1) is 15.8. The second-order valence-electron chi connectivity index (χ2n) is 9.68. The molecule has 1 aromatic carbocycles. The Bertz CT molecular complexity index is 864. The van der Waals surface area contributed by atoms with E-state index in [1.807, 2.05) is 4.90 Å². The molecule has 3 fully saturated rings. The lowest BCUT2D eigenvalue weighted by Gasteiger charge is -2.41. The third-order valence-corrected chi connectivity index (χ3v) is 7.46. The maximum absolute atomic E-state index is 14.0. The number of carbonyl (C=O) groups is 2. The van der Waals surface area contributed by atoms with E-state index in [2.05, 4.69) is 5.32 Å². The van der Waals surface area contributed by atoms with Crippen LogP contribution in [0.3, 0.4) is 0 Å². The van der Waals surface area contributed by atoms with Gasteiger partial charge in [-0.3, -0.25) is 9.59 Å². The van der Waals surface area contributed by atoms with Gasteiger partial charge in [0, 0.05) is 43.8 Å². The highest BCUT2D eigenvalue weighted by atomic mass is 19.2. The van der Waals surface area contributed by atoms with Crippen molar-refractivity contribution in [3.05, 3.63) is 35.1 Å². The summed E-state index contributed by atoms with van der Waals surface area (Å²) in [6.07, 6.45) is 5.38. The van der Waals surface area contributed by atoms with Gasteiger partial charge >= 0.3 is 0 Å². The fourth-order valence-corrected chi connectivity index (χ4v) is 5.67. The molecule has 0 aromatic heterocycles. The Morgan fingerprint density at radius 3 is 2.33 bits per heavy atom. The molecule has 0 radical (unpaired) electrons. The monoisotopic (exact) mass is 467 g/mol. The highest BCUT2D eigenvalue weighted by molar-refractivity contribution is 5.85. The number of fused-ring (bicyclic) bond motifs is 2. The zero-order valence-electron chi connectivity index (χ0n) is 18.7. The topological polar surface area (TPSA) is 84.7 Å². The van der Waals surface area contributed by atoms with Crippen LogP contribution < -0.4 is 11.1 Å². The summed E-state index contributed by atoms with van der Waals surface area (Å²) < 4.78 is 46.1. The molecule has 4 atom stereocenters. The van der Waals surface area contributed by atoms with Gasteiger partial charge in [-0.2, -0.15) is 0 Å². The predicted molar refractivity (Wildman–Crippen MR) is 116 cm³/mol. The molecule has 3 aliphatic heterocycles. The number of benzene rings is 1. The summed E-state index contributed by atoms with van der Waals surface area (Å²) in [5, 5.41) is 2.78. The Labute approximate surface area is 192 Å². The molecular weight excluding hydrogens is 435 g/mol. The van der Waals surface area contributed by atoms with E-state index in [1.54, 1.807) is 0 Å². The van der Waals surface area contributed by atoms with Gasteiger partial charge in [-0.15, -0.1) is 0 Å². The number of hydrogen-bond acceptors (Lipinski definition) is 4. The van der Waals surface area contributed by atoms with Crippen molar-refractivity contribution in [2.45, 2.75) is 69.5 Å². The maximum Gasteiger partial charge on any atom is 0.242 e. The second kappa shape index (κ2) is 10.4.